The van der Waals surface area contributed by atoms with E-state index in [1.54, 1.807) is 7.11 Å². The maximum atomic E-state index is 14.2. The van der Waals surface area contributed by atoms with Crippen LogP contribution in [0.25, 0.3) is 0 Å². The summed E-state index contributed by atoms with van der Waals surface area (Å²) in [6.07, 6.45) is 7.86. The van der Waals surface area contributed by atoms with E-state index in [2.05, 4.69) is 117 Å². The number of allylic oxidation sites excluding steroid dienone is 2. The smallest absolute Gasteiger partial charge is 0.312 e. The highest BCUT2D eigenvalue weighted by molar-refractivity contribution is 6.73. The SMILES string of the molecule is CCC1O[C@@H](OC2[C@H](O[C@H]3CCC4(C)C5CC=C6C7CC(C)(C)CC[C@]7(C(=O)O)C(OC)C[C@@]6(C)C5(C)CC[C@H]4[C@@]3(C)C=O)OC[C@@H](C)[C@@H]2O[C@@H]2OC[C@@H](C)[C@H](C)C2C)C(O[Si](CC)(CC)CC)[C@@H](C)[C@H]1C. The number of hydrogen-bond donors (Lipinski definition) is 1. The minimum absolute atomic E-state index is 0.00180. The molecule has 8 rings (SSSR count). The highest BCUT2D eigenvalue weighted by atomic mass is 28.4. The van der Waals surface area contributed by atoms with Crippen molar-refractivity contribution in [3.63, 3.8) is 0 Å². The molecule has 0 amide bonds. The Hall–Kier alpha value is -1.22. The van der Waals surface area contributed by atoms with Crippen molar-refractivity contribution in [3.05, 3.63) is 11.6 Å². The van der Waals surface area contributed by atoms with E-state index in [4.69, 9.17) is 37.6 Å². The number of hydrogen-bond acceptors (Lipinski definition) is 10. The molecule has 5 aliphatic carbocycles. The molecule has 0 aromatic carbocycles. The van der Waals surface area contributed by atoms with E-state index >= 15 is 0 Å². The third-order valence-corrected chi connectivity index (χ3v) is 28.4. The minimum atomic E-state index is -2.11. The van der Waals surface area contributed by atoms with Crippen LogP contribution in [0.15, 0.2) is 11.6 Å². The first-order chi connectivity index (χ1) is 33.8. The highest BCUT2D eigenvalue weighted by Crippen LogP contribution is 2.76. The van der Waals surface area contributed by atoms with Gasteiger partial charge >= 0.3 is 5.97 Å². The standard InChI is InChI=1S/C60H102O11Si/c1-18-43-38(8)39(9)49(71-72(19-2,20-3)21-4)53(67-43)70-50-48(69-51-40(10)37(7)35(5)32-65-51)36(6)33-66-52(50)68-46-25-26-56(13)44(57(46,14)34-61)24-27-58(15)45(56)23-22-41-42-30-55(11,12)28-29-60(42,54(62)63)47(64-17)31-59(41,58)16/h22,34-40,42-53H,18-21,23-33H2,1-17H3,(H,62,63)/t35-,36-,37+,38-,39+,40?,42?,43?,44-,45?,46+,47?,48+,49?,50?,51+,52+,53+,56?,57-,58?,59-,60-/m1/s1. The van der Waals surface area contributed by atoms with Gasteiger partial charge in [0.15, 0.2) is 27.2 Å². The molecule has 0 radical (unpaired) electrons. The van der Waals surface area contributed by atoms with Crippen molar-refractivity contribution >= 4 is 20.6 Å². The molecule has 0 aromatic rings. The fourth-order valence-corrected chi connectivity index (χ4v) is 20.6. The molecule has 9 unspecified atom stereocenters. The van der Waals surface area contributed by atoms with Crippen LogP contribution in [0, 0.1) is 85.8 Å². The average Bonchev–Trinajstić information content (AvgIpc) is 3.34. The monoisotopic (exact) mass is 1030 g/mol. The summed E-state index contributed by atoms with van der Waals surface area (Å²) >= 11 is 0. The van der Waals surface area contributed by atoms with E-state index < -0.39 is 62.3 Å². The zero-order valence-electron chi connectivity index (χ0n) is 48.2. The van der Waals surface area contributed by atoms with Crippen molar-refractivity contribution in [1.82, 2.24) is 0 Å². The molecule has 3 saturated heterocycles. The fourth-order valence-electron chi connectivity index (χ4n) is 17.7. The maximum Gasteiger partial charge on any atom is 0.312 e. The Kier molecular flexibility index (Phi) is 16.5. The van der Waals surface area contributed by atoms with Crippen LogP contribution in [0.4, 0.5) is 0 Å². The van der Waals surface area contributed by atoms with Crippen LogP contribution in [0.3, 0.4) is 0 Å². The number of carboxylic acid groups (broad SMARTS) is 1. The molecule has 0 bridgehead atoms. The normalized spacial score (nSPS) is 50.4. The predicted octanol–water partition coefficient (Wildman–Crippen LogP) is 12.9. The Labute approximate surface area is 437 Å². The Morgan fingerprint density at radius 2 is 1.38 bits per heavy atom. The van der Waals surface area contributed by atoms with Crippen molar-refractivity contribution in [3.8, 4) is 0 Å². The van der Waals surface area contributed by atoms with E-state index in [0.29, 0.717) is 44.3 Å². The van der Waals surface area contributed by atoms with Crippen LogP contribution >= 0.6 is 0 Å². The molecular formula is C60H102O11Si. The van der Waals surface area contributed by atoms with E-state index in [1.165, 1.54) is 11.9 Å². The van der Waals surface area contributed by atoms with Gasteiger partial charge < -0.3 is 47.5 Å². The number of aliphatic carboxylic acids is 1. The first kappa shape index (κ1) is 57.0. The van der Waals surface area contributed by atoms with Crippen LogP contribution < -0.4 is 0 Å². The first-order valence-electron chi connectivity index (χ1n) is 29.3. The molecule has 1 N–H and O–H groups in total. The Bertz CT molecular complexity index is 1950. The summed E-state index contributed by atoms with van der Waals surface area (Å²) in [7, 11) is -0.372. The topological polar surface area (TPSA) is 128 Å². The summed E-state index contributed by atoms with van der Waals surface area (Å²) < 4.78 is 56.5. The Morgan fingerprint density at radius 3 is 2.00 bits per heavy atom. The molecule has 72 heavy (non-hydrogen) atoms. The van der Waals surface area contributed by atoms with E-state index in [1.807, 2.05) is 0 Å². The van der Waals surface area contributed by atoms with Crippen molar-refractivity contribution < 1.29 is 52.3 Å². The molecule has 11 nitrogen and oxygen atoms in total. The fraction of sp³-hybridized carbons (Fsp3) is 0.933. The number of carbonyl (C=O) groups excluding carboxylic acids is 1. The molecular weight excluding hydrogens is 925 g/mol. The van der Waals surface area contributed by atoms with Crippen molar-refractivity contribution in [2.24, 2.45) is 85.8 Å². The lowest BCUT2D eigenvalue weighted by Crippen LogP contribution is -2.68. The van der Waals surface area contributed by atoms with E-state index in [0.717, 1.165) is 63.1 Å². The lowest BCUT2D eigenvalue weighted by Gasteiger charge is -2.71. The van der Waals surface area contributed by atoms with Crippen molar-refractivity contribution in [2.45, 2.75) is 249 Å². The highest BCUT2D eigenvalue weighted by Gasteiger charge is 2.72. The quantitative estimate of drug-likeness (QED) is 0.0729. The number of carbonyl (C=O) groups is 2. The summed E-state index contributed by atoms with van der Waals surface area (Å²) in [4.78, 5) is 27.8. The van der Waals surface area contributed by atoms with Crippen LogP contribution in [-0.4, -0.2) is 101 Å². The third kappa shape index (κ3) is 9.06. The van der Waals surface area contributed by atoms with Gasteiger partial charge in [0.2, 0.25) is 0 Å². The van der Waals surface area contributed by atoms with Gasteiger partial charge in [-0.05, 0) is 145 Å². The van der Waals surface area contributed by atoms with Gasteiger partial charge in [-0.1, -0.05) is 122 Å². The van der Waals surface area contributed by atoms with Crippen LogP contribution in [0.1, 0.15) is 175 Å². The van der Waals surface area contributed by atoms with E-state index in [-0.39, 0.29) is 81.4 Å². The molecule has 0 spiro atoms. The van der Waals surface area contributed by atoms with Gasteiger partial charge in [-0.2, -0.15) is 0 Å². The van der Waals surface area contributed by atoms with Gasteiger partial charge in [-0.25, -0.2) is 0 Å². The third-order valence-electron chi connectivity index (χ3n) is 23.7. The molecule has 412 valence electrons. The van der Waals surface area contributed by atoms with Gasteiger partial charge in [0.05, 0.1) is 49.1 Å². The summed E-state index contributed by atoms with van der Waals surface area (Å²) in [5.41, 5.74) is -0.885. The van der Waals surface area contributed by atoms with Crippen molar-refractivity contribution in [1.29, 1.82) is 0 Å². The van der Waals surface area contributed by atoms with Crippen LogP contribution in [0.5, 0.6) is 0 Å². The van der Waals surface area contributed by atoms with Gasteiger partial charge in [0, 0.05) is 18.9 Å². The van der Waals surface area contributed by atoms with Crippen molar-refractivity contribution in [2.75, 3.05) is 20.3 Å². The summed E-state index contributed by atoms with van der Waals surface area (Å²) in [6.45, 7) is 37.9. The van der Waals surface area contributed by atoms with Crippen LogP contribution in [0.2, 0.25) is 18.1 Å². The molecule has 8 aliphatic rings. The number of fused-ring (bicyclic) bond motifs is 7. The molecule has 0 aromatic heterocycles. The second-order valence-electron chi connectivity index (χ2n) is 27.4. The molecule has 3 heterocycles. The minimum Gasteiger partial charge on any atom is -0.481 e. The second-order valence-corrected chi connectivity index (χ2v) is 32.1. The lowest BCUT2D eigenvalue weighted by molar-refractivity contribution is -0.370. The summed E-state index contributed by atoms with van der Waals surface area (Å²) in [5, 5.41) is 11.1. The average molecular weight is 1030 g/mol. The van der Waals surface area contributed by atoms with Crippen LogP contribution in [-0.2, 0) is 47.2 Å². The molecule has 4 saturated carbocycles. The van der Waals surface area contributed by atoms with Gasteiger partial charge in [-0.15, -0.1) is 0 Å². The predicted molar refractivity (Wildman–Crippen MR) is 283 cm³/mol. The number of aldehydes is 1. The molecule has 3 aliphatic heterocycles. The number of methoxy groups -OCH3 is 1. The second kappa shape index (κ2) is 20.9. The zero-order valence-corrected chi connectivity index (χ0v) is 49.2. The number of carboxylic acids is 1. The Morgan fingerprint density at radius 1 is 0.722 bits per heavy atom. The maximum absolute atomic E-state index is 14.2. The Balaban J connectivity index is 1.12. The largest absolute Gasteiger partial charge is 0.481 e. The summed E-state index contributed by atoms with van der Waals surface area (Å²) in [6, 6.07) is 3.07. The van der Waals surface area contributed by atoms with E-state index in [9.17, 15) is 14.7 Å². The van der Waals surface area contributed by atoms with Gasteiger partial charge in [0.1, 0.15) is 17.8 Å². The number of rotatable bonds is 15. The zero-order chi connectivity index (χ0) is 52.7. The lowest BCUT2D eigenvalue weighted by atomic mass is 9.33. The first-order valence-corrected chi connectivity index (χ1v) is 31.8. The van der Waals surface area contributed by atoms with Gasteiger partial charge in [-0.3, -0.25) is 4.79 Å². The van der Waals surface area contributed by atoms with Gasteiger partial charge in [0.25, 0.3) is 0 Å². The molecule has 7 fully saturated rings. The number of ether oxygens (including phenoxy) is 7. The molecule has 12 heteroatoms. The molecule has 23 atom stereocenters. The summed E-state index contributed by atoms with van der Waals surface area (Å²) in [5.74, 6) is 1.01.